The van der Waals surface area contributed by atoms with Crippen LogP contribution in [0.4, 0.5) is 0 Å². The SMILES string of the molecule is CC(C)c1ccc(CN2CCN(C(=O)CN(C)S(C)(=O)=O)CC2)cc1. The van der Waals surface area contributed by atoms with Crippen LogP contribution in [-0.2, 0) is 21.4 Å². The minimum absolute atomic E-state index is 0.0878. The molecule has 1 aromatic carbocycles. The second kappa shape index (κ2) is 8.29. The number of likely N-dealkylation sites (N-methyl/N-ethyl adjacent to an activating group) is 1. The van der Waals surface area contributed by atoms with Crippen LogP contribution in [0.25, 0.3) is 0 Å². The van der Waals surface area contributed by atoms with Gasteiger partial charge in [-0.15, -0.1) is 0 Å². The highest BCUT2D eigenvalue weighted by atomic mass is 32.2. The van der Waals surface area contributed by atoms with Gasteiger partial charge in [0.05, 0.1) is 12.8 Å². The van der Waals surface area contributed by atoms with E-state index < -0.39 is 10.0 Å². The maximum Gasteiger partial charge on any atom is 0.237 e. The molecule has 0 bridgehead atoms. The van der Waals surface area contributed by atoms with Crippen molar-refractivity contribution in [1.82, 2.24) is 14.1 Å². The number of piperazine rings is 1. The summed E-state index contributed by atoms with van der Waals surface area (Å²) < 4.78 is 23.9. The van der Waals surface area contributed by atoms with Crippen LogP contribution in [0.3, 0.4) is 0 Å². The van der Waals surface area contributed by atoms with Crippen molar-refractivity contribution in [2.45, 2.75) is 26.3 Å². The van der Waals surface area contributed by atoms with Crippen molar-refractivity contribution in [2.24, 2.45) is 0 Å². The number of benzene rings is 1. The molecule has 0 N–H and O–H groups in total. The molecule has 1 fully saturated rings. The first-order valence-corrected chi connectivity index (χ1v) is 10.5. The first-order valence-electron chi connectivity index (χ1n) is 8.67. The van der Waals surface area contributed by atoms with Gasteiger partial charge in [0.1, 0.15) is 0 Å². The molecular formula is C18H29N3O3S. The summed E-state index contributed by atoms with van der Waals surface area (Å²) in [6, 6.07) is 8.71. The largest absolute Gasteiger partial charge is 0.339 e. The molecule has 0 aliphatic carbocycles. The van der Waals surface area contributed by atoms with Crippen molar-refractivity contribution >= 4 is 15.9 Å². The van der Waals surface area contributed by atoms with Crippen LogP contribution < -0.4 is 0 Å². The average molecular weight is 368 g/mol. The Morgan fingerprint density at radius 3 is 2.16 bits per heavy atom. The van der Waals surface area contributed by atoms with Crippen molar-refractivity contribution in [3.05, 3.63) is 35.4 Å². The Balaban J connectivity index is 1.82. The molecule has 0 aromatic heterocycles. The van der Waals surface area contributed by atoms with E-state index in [1.807, 2.05) is 0 Å². The standard InChI is InChI=1S/C18H29N3O3S/c1-15(2)17-7-5-16(6-8-17)13-20-9-11-21(12-10-20)18(22)14-19(3)25(4,23)24/h5-8,15H,9-14H2,1-4H3. The highest BCUT2D eigenvalue weighted by molar-refractivity contribution is 7.88. The zero-order chi connectivity index (χ0) is 18.6. The normalized spacial score (nSPS) is 16.6. The van der Waals surface area contributed by atoms with Crippen molar-refractivity contribution < 1.29 is 13.2 Å². The number of hydrogen-bond donors (Lipinski definition) is 0. The third-order valence-electron chi connectivity index (χ3n) is 4.70. The van der Waals surface area contributed by atoms with E-state index in [9.17, 15) is 13.2 Å². The predicted molar refractivity (Wildman–Crippen MR) is 99.9 cm³/mol. The minimum atomic E-state index is -3.32. The van der Waals surface area contributed by atoms with Gasteiger partial charge in [0, 0.05) is 39.8 Å². The number of nitrogens with zero attached hydrogens (tertiary/aromatic N) is 3. The summed E-state index contributed by atoms with van der Waals surface area (Å²) in [5.74, 6) is 0.405. The van der Waals surface area contributed by atoms with E-state index in [0.29, 0.717) is 19.0 Å². The molecule has 1 aliphatic rings. The summed E-state index contributed by atoms with van der Waals surface area (Å²) in [5, 5.41) is 0. The molecule has 0 radical (unpaired) electrons. The number of carbonyl (C=O) groups excluding carboxylic acids is 1. The van der Waals surface area contributed by atoms with Crippen LogP contribution in [0.5, 0.6) is 0 Å². The summed E-state index contributed by atoms with van der Waals surface area (Å²) in [4.78, 5) is 16.3. The molecule has 25 heavy (non-hydrogen) atoms. The van der Waals surface area contributed by atoms with Gasteiger partial charge < -0.3 is 4.90 Å². The van der Waals surface area contributed by atoms with Gasteiger partial charge >= 0.3 is 0 Å². The summed E-state index contributed by atoms with van der Waals surface area (Å²) in [6.45, 7) is 8.06. The van der Waals surface area contributed by atoms with Gasteiger partial charge in [0.15, 0.2) is 0 Å². The van der Waals surface area contributed by atoms with E-state index >= 15 is 0 Å². The summed E-state index contributed by atoms with van der Waals surface area (Å²) in [7, 11) is -1.89. The molecular weight excluding hydrogens is 338 g/mol. The summed E-state index contributed by atoms with van der Waals surface area (Å²) in [6.07, 6.45) is 1.11. The quantitative estimate of drug-likeness (QED) is 0.761. The van der Waals surface area contributed by atoms with E-state index in [1.165, 1.54) is 18.2 Å². The average Bonchev–Trinajstić information content (AvgIpc) is 2.55. The molecule has 1 saturated heterocycles. The van der Waals surface area contributed by atoms with E-state index in [2.05, 4.69) is 43.0 Å². The molecule has 1 heterocycles. The van der Waals surface area contributed by atoms with Gasteiger partial charge in [-0.05, 0) is 17.0 Å². The number of hydrogen-bond acceptors (Lipinski definition) is 4. The van der Waals surface area contributed by atoms with Crippen LogP contribution >= 0.6 is 0 Å². The molecule has 1 amide bonds. The Morgan fingerprint density at radius 1 is 1.12 bits per heavy atom. The zero-order valence-electron chi connectivity index (χ0n) is 15.6. The number of rotatable bonds is 6. The topological polar surface area (TPSA) is 60.9 Å². The third-order valence-corrected chi connectivity index (χ3v) is 5.96. The Hall–Kier alpha value is -1.44. The lowest BCUT2D eigenvalue weighted by Crippen LogP contribution is -2.50. The van der Waals surface area contributed by atoms with E-state index in [1.54, 1.807) is 4.90 Å². The number of carbonyl (C=O) groups is 1. The van der Waals surface area contributed by atoms with Gasteiger partial charge in [-0.3, -0.25) is 9.69 Å². The second-order valence-corrected chi connectivity index (χ2v) is 9.16. The fraction of sp³-hybridized carbons (Fsp3) is 0.611. The van der Waals surface area contributed by atoms with Crippen molar-refractivity contribution in [3.8, 4) is 0 Å². The molecule has 1 aromatic rings. The fourth-order valence-corrected chi connectivity index (χ4v) is 3.17. The Morgan fingerprint density at radius 2 is 1.68 bits per heavy atom. The van der Waals surface area contributed by atoms with Crippen molar-refractivity contribution in [1.29, 1.82) is 0 Å². The minimum Gasteiger partial charge on any atom is -0.339 e. The van der Waals surface area contributed by atoms with Gasteiger partial charge in [-0.1, -0.05) is 38.1 Å². The number of amides is 1. The maximum absolute atomic E-state index is 12.2. The Kier molecular flexibility index (Phi) is 6.59. The van der Waals surface area contributed by atoms with Gasteiger partial charge in [0.25, 0.3) is 0 Å². The van der Waals surface area contributed by atoms with Crippen molar-refractivity contribution in [3.63, 3.8) is 0 Å². The zero-order valence-corrected chi connectivity index (χ0v) is 16.4. The first-order chi connectivity index (χ1) is 11.7. The maximum atomic E-state index is 12.2. The van der Waals surface area contributed by atoms with Gasteiger partial charge in [-0.2, -0.15) is 4.31 Å². The molecule has 2 rings (SSSR count). The molecule has 0 spiro atoms. The van der Waals surface area contributed by atoms with E-state index in [-0.39, 0.29) is 12.5 Å². The highest BCUT2D eigenvalue weighted by Crippen LogP contribution is 2.16. The molecule has 0 unspecified atom stereocenters. The smallest absolute Gasteiger partial charge is 0.237 e. The number of sulfonamides is 1. The first kappa shape index (κ1) is 19.9. The lowest BCUT2D eigenvalue weighted by Gasteiger charge is -2.35. The highest BCUT2D eigenvalue weighted by Gasteiger charge is 2.24. The van der Waals surface area contributed by atoms with Gasteiger partial charge in [0.2, 0.25) is 15.9 Å². The Bertz CT molecular complexity index is 678. The van der Waals surface area contributed by atoms with Crippen LogP contribution in [0, 0.1) is 0 Å². The van der Waals surface area contributed by atoms with Crippen molar-refractivity contribution in [2.75, 3.05) is 46.0 Å². The van der Waals surface area contributed by atoms with Crippen LogP contribution in [0.2, 0.25) is 0 Å². The van der Waals surface area contributed by atoms with Gasteiger partial charge in [-0.25, -0.2) is 8.42 Å². The van der Waals surface area contributed by atoms with E-state index in [0.717, 1.165) is 30.2 Å². The Labute approximate surface area is 151 Å². The second-order valence-electron chi connectivity index (χ2n) is 7.07. The fourth-order valence-electron chi connectivity index (χ4n) is 2.83. The molecule has 7 heteroatoms. The predicted octanol–water partition coefficient (Wildman–Crippen LogP) is 1.35. The van der Waals surface area contributed by atoms with Crippen LogP contribution in [-0.4, -0.2) is 74.5 Å². The molecule has 0 atom stereocenters. The van der Waals surface area contributed by atoms with E-state index in [4.69, 9.17) is 0 Å². The molecule has 6 nitrogen and oxygen atoms in total. The summed E-state index contributed by atoms with van der Waals surface area (Å²) in [5.41, 5.74) is 2.62. The molecule has 140 valence electrons. The lowest BCUT2D eigenvalue weighted by atomic mass is 10.0. The lowest BCUT2D eigenvalue weighted by molar-refractivity contribution is -0.133. The van der Waals surface area contributed by atoms with Crippen LogP contribution in [0.1, 0.15) is 30.9 Å². The molecule has 0 saturated carbocycles. The monoisotopic (exact) mass is 367 g/mol. The summed E-state index contributed by atoms with van der Waals surface area (Å²) >= 11 is 0. The third kappa shape index (κ3) is 5.80. The van der Waals surface area contributed by atoms with Crippen LogP contribution in [0.15, 0.2) is 24.3 Å². The molecule has 1 aliphatic heterocycles.